The Bertz CT molecular complexity index is 1820. The zero-order valence-electron chi connectivity index (χ0n) is 24.3. The first-order valence-corrected chi connectivity index (χ1v) is 21.7. The first kappa shape index (κ1) is 28.0. The van der Waals surface area contributed by atoms with Crippen molar-refractivity contribution in [1.82, 2.24) is 0 Å². The largest absolute Gasteiger partial charge is 0.0804 e. The van der Waals surface area contributed by atoms with E-state index in [-0.39, 0.29) is 0 Å². The molecular weight excluding hydrogens is 677 g/mol. The van der Waals surface area contributed by atoms with Crippen molar-refractivity contribution in [2.75, 3.05) is 0 Å². The highest BCUT2D eigenvalue weighted by Gasteiger charge is 2.44. The third-order valence-electron chi connectivity index (χ3n) is 10.4. The molecule has 2 aromatic carbocycles. The van der Waals surface area contributed by atoms with E-state index < -0.39 is 0 Å². The summed E-state index contributed by atoms with van der Waals surface area (Å²) in [6.07, 6.45) is 12.6. The van der Waals surface area contributed by atoms with Gasteiger partial charge in [-0.25, -0.2) is 0 Å². The van der Waals surface area contributed by atoms with E-state index in [4.69, 9.17) is 0 Å². The van der Waals surface area contributed by atoms with E-state index in [1.165, 1.54) is 57.8 Å². The average Bonchev–Trinajstić information content (AvgIpc) is 3.60. The zero-order chi connectivity index (χ0) is 28.8. The van der Waals surface area contributed by atoms with Gasteiger partial charge >= 0.3 is 0 Å². The Morgan fingerprint density at radius 1 is 0.558 bits per heavy atom. The summed E-state index contributed by atoms with van der Waals surface area (Å²) in [6, 6.07) is 10.2. The summed E-state index contributed by atoms with van der Waals surface area (Å²) in [5, 5.41) is 0. The van der Waals surface area contributed by atoms with Crippen molar-refractivity contribution in [1.29, 1.82) is 0 Å². The number of fused-ring (bicyclic) bond motifs is 4. The highest BCUT2D eigenvalue weighted by molar-refractivity contribution is 8.45. The van der Waals surface area contributed by atoms with Gasteiger partial charge in [-0.2, -0.15) is 0 Å². The quantitative estimate of drug-likeness (QED) is 0.265. The Balaban J connectivity index is 0.892. The van der Waals surface area contributed by atoms with E-state index in [1.807, 2.05) is 94.1 Å². The van der Waals surface area contributed by atoms with Gasteiger partial charge in [-0.1, -0.05) is 146 Å². The maximum atomic E-state index is 2.57. The van der Waals surface area contributed by atoms with E-state index in [1.54, 1.807) is 22.3 Å². The van der Waals surface area contributed by atoms with Crippen LogP contribution in [0.25, 0.3) is 0 Å². The molecule has 0 aromatic heterocycles. The highest BCUT2D eigenvalue weighted by Crippen LogP contribution is 2.72. The third kappa shape index (κ3) is 4.29. The molecule has 0 saturated carbocycles. The molecule has 0 amide bonds. The molecule has 0 saturated heterocycles. The first-order valence-electron chi connectivity index (χ1n) is 15.2. The molecule has 5 atom stereocenters. The lowest BCUT2D eigenvalue weighted by Gasteiger charge is -2.46. The Morgan fingerprint density at radius 3 is 1.56 bits per heavy atom. The summed E-state index contributed by atoms with van der Waals surface area (Å²) >= 11 is 16.2. The lowest BCUT2D eigenvalue weighted by atomic mass is 9.59. The van der Waals surface area contributed by atoms with Gasteiger partial charge in [-0.3, -0.25) is 0 Å². The Morgan fingerprint density at radius 2 is 1.02 bits per heavy atom. The van der Waals surface area contributed by atoms with Crippen LogP contribution in [-0.4, -0.2) is 0 Å². The van der Waals surface area contributed by atoms with Gasteiger partial charge in [0.05, 0.1) is 25.4 Å². The fraction of sp³-hybridized carbons (Fsp3) is 0.371. The second-order valence-corrected chi connectivity index (χ2v) is 23.6. The van der Waals surface area contributed by atoms with Gasteiger partial charge < -0.3 is 0 Å². The molecule has 10 aliphatic rings. The van der Waals surface area contributed by atoms with Crippen LogP contribution in [0.1, 0.15) is 86.5 Å². The van der Waals surface area contributed by atoms with Crippen molar-refractivity contribution in [2.24, 2.45) is 17.3 Å². The number of hydrogen-bond acceptors (Lipinski definition) is 8. The first-order chi connectivity index (χ1) is 20.8. The van der Waals surface area contributed by atoms with Gasteiger partial charge in [-0.15, -0.1) is 0 Å². The number of rotatable bonds is 1. The molecule has 4 bridgehead atoms. The van der Waals surface area contributed by atoms with E-state index >= 15 is 0 Å². The molecule has 0 nitrogen and oxygen atoms in total. The maximum absolute atomic E-state index is 2.57. The molecule has 218 valence electrons. The molecule has 4 aliphatic heterocycles. The third-order valence-corrected chi connectivity index (χ3v) is 22.1. The van der Waals surface area contributed by atoms with Gasteiger partial charge in [0.1, 0.15) is 0 Å². The van der Waals surface area contributed by atoms with Crippen LogP contribution in [0.4, 0.5) is 0 Å². The number of benzene rings is 2. The fourth-order valence-corrected chi connectivity index (χ4v) is 20.3. The topological polar surface area (TPSA) is 0 Å². The van der Waals surface area contributed by atoms with Crippen molar-refractivity contribution in [3.63, 3.8) is 0 Å². The SMILES string of the molecule is CC(C)C1CC2C=CC1c1cc3c(cc12)SC1=C(S/C(=C2\SC4=C(S2)Sc2cc5c(cc2S4)C2C=CC5C(C)(C)C2)S1)S3. The predicted octanol–water partition coefficient (Wildman–Crippen LogP) is 13.7. The van der Waals surface area contributed by atoms with Crippen LogP contribution in [0.2, 0.25) is 0 Å². The second kappa shape index (κ2) is 9.98. The molecule has 0 N–H and O–H groups in total. The van der Waals surface area contributed by atoms with E-state index in [9.17, 15) is 0 Å². The minimum Gasteiger partial charge on any atom is -0.0804 e. The molecule has 0 spiro atoms. The number of thioether (sulfide) groups is 8. The summed E-state index contributed by atoms with van der Waals surface area (Å²) in [4.78, 5) is 5.90. The van der Waals surface area contributed by atoms with Crippen LogP contribution >= 0.6 is 94.1 Å². The lowest BCUT2D eigenvalue weighted by Crippen LogP contribution is -2.32. The van der Waals surface area contributed by atoms with Crippen molar-refractivity contribution in [2.45, 2.75) is 83.8 Å². The summed E-state index contributed by atoms with van der Waals surface area (Å²) in [7, 11) is 0. The van der Waals surface area contributed by atoms with Crippen LogP contribution in [0, 0.1) is 17.3 Å². The number of allylic oxidation sites excluding steroid dienone is 4. The van der Waals surface area contributed by atoms with Gasteiger partial charge in [0.25, 0.3) is 0 Å². The summed E-state index contributed by atoms with van der Waals surface area (Å²) in [6.45, 7) is 9.74. The van der Waals surface area contributed by atoms with Gasteiger partial charge in [0.15, 0.2) is 0 Å². The second-order valence-electron chi connectivity index (χ2n) is 13.7. The van der Waals surface area contributed by atoms with Crippen LogP contribution in [0.3, 0.4) is 0 Å². The van der Waals surface area contributed by atoms with Crippen LogP contribution in [0.5, 0.6) is 0 Å². The van der Waals surface area contributed by atoms with Crippen molar-refractivity contribution < 1.29 is 0 Å². The maximum Gasteiger partial charge on any atom is 0.0718 e. The summed E-state index contributed by atoms with van der Waals surface area (Å²) in [5.41, 5.74) is 6.76. The predicted molar refractivity (Wildman–Crippen MR) is 198 cm³/mol. The minimum absolute atomic E-state index is 0.359. The molecule has 12 rings (SSSR count). The normalized spacial score (nSPS) is 33.6. The highest BCUT2D eigenvalue weighted by atomic mass is 32.3. The number of hydrogen-bond donors (Lipinski definition) is 0. The Hall–Kier alpha value is -0.0600. The van der Waals surface area contributed by atoms with Crippen LogP contribution < -0.4 is 0 Å². The monoisotopic (exact) mass is 706 g/mol. The summed E-state index contributed by atoms with van der Waals surface area (Å²) < 4.78 is 8.95. The molecule has 0 fully saturated rings. The molecule has 0 radical (unpaired) electrons. The standard InChI is InChI=1S/C35H30S8/c1-15(2)19-9-16-5-7-18(19)22-12-27-25(10-20(16)22)36-29-31(38-27)42-33(40-29)34-41-30-32(43-34)39-28-13-23-21(11-26(28)37-30)17-6-8-24(23)35(3,4)14-17/h5-8,10-13,15-19,24H,9,14H2,1-4H3/b34-33+. The molecule has 2 aromatic rings. The summed E-state index contributed by atoms with van der Waals surface area (Å²) in [5.74, 6) is 3.86. The van der Waals surface area contributed by atoms with Gasteiger partial charge in [0.2, 0.25) is 0 Å². The van der Waals surface area contributed by atoms with Crippen LogP contribution in [0.15, 0.2) is 93.6 Å². The fourth-order valence-electron chi connectivity index (χ4n) is 8.24. The minimum atomic E-state index is 0.359. The molecular formula is C35H30S8. The van der Waals surface area contributed by atoms with Gasteiger partial charge in [-0.05, 0) is 76.6 Å². The van der Waals surface area contributed by atoms with Crippen LogP contribution in [-0.2, 0) is 0 Å². The van der Waals surface area contributed by atoms with Crippen molar-refractivity contribution in [3.8, 4) is 0 Å². The van der Waals surface area contributed by atoms with E-state index in [2.05, 4.69) is 76.3 Å². The average molecular weight is 707 g/mol. The Kier molecular flexibility index (Phi) is 6.50. The van der Waals surface area contributed by atoms with E-state index in [0.29, 0.717) is 29.1 Å². The zero-order valence-corrected chi connectivity index (χ0v) is 30.8. The molecule has 8 heteroatoms. The lowest BCUT2D eigenvalue weighted by molar-refractivity contribution is 0.250. The molecule has 5 unspecified atom stereocenters. The Labute approximate surface area is 288 Å². The van der Waals surface area contributed by atoms with Crippen molar-refractivity contribution in [3.05, 3.63) is 96.2 Å². The molecule has 4 heterocycles. The van der Waals surface area contributed by atoms with E-state index in [0.717, 1.165) is 11.8 Å². The van der Waals surface area contributed by atoms with Gasteiger partial charge in [0, 0.05) is 43.3 Å². The van der Waals surface area contributed by atoms with Crippen molar-refractivity contribution >= 4 is 94.1 Å². The smallest absolute Gasteiger partial charge is 0.0718 e. The molecule has 43 heavy (non-hydrogen) atoms. The molecule has 6 aliphatic carbocycles.